The van der Waals surface area contributed by atoms with Crippen molar-refractivity contribution in [1.29, 1.82) is 0 Å². The van der Waals surface area contributed by atoms with E-state index >= 15 is 0 Å². The van der Waals surface area contributed by atoms with Crippen LogP contribution in [0.2, 0.25) is 0 Å². The first-order valence-electron chi connectivity index (χ1n) is 11.5. The molecule has 0 spiro atoms. The fourth-order valence-corrected chi connectivity index (χ4v) is 6.38. The van der Waals surface area contributed by atoms with Crippen molar-refractivity contribution in [2.75, 3.05) is 10.7 Å². The van der Waals surface area contributed by atoms with Crippen LogP contribution in [-0.2, 0) is 4.79 Å². The Bertz CT molecular complexity index is 720. The van der Waals surface area contributed by atoms with E-state index in [4.69, 9.17) is 4.99 Å². The van der Waals surface area contributed by atoms with Gasteiger partial charge in [-0.25, -0.2) is 0 Å². The zero-order valence-corrected chi connectivity index (χ0v) is 18.8. The Morgan fingerprint density at radius 3 is 2.24 bits per heavy atom. The fourth-order valence-electron chi connectivity index (χ4n) is 5.13. The maximum absolute atomic E-state index is 12.8. The summed E-state index contributed by atoms with van der Waals surface area (Å²) in [5.74, 6) is 1.04. The second-order valence-corrected chi connectivity index (χ2v) is 9.91. The molecule has 1 amide bonds. The van der Waals surface area contributed by atoms with E-state index in [1.807, 2.05) is 16.7 Å². The summed E-state index contributed by atoms with van der Waals surface area (Å²) in [6.45, 7) is 3.80. The minimum atomic E-state index is 0.0747. The number of benzene rings is 1. The summed E-state index contributed by atoms with van der Waals surface area (Å²) < 4.78 is 0. The van der Waals surface area contributed by atoms with E-state index in [0.717, 1.165) is 11.4 Å². The molecule has 1 aromatic carbocycles. The number of aryl methyl sites for hydroxylation is 1. The molecule has 1 aromatic rings. The van der Waals surface area contributed by atoms with Gasteiger partial charge in [-0.3, -0.25) is 14.7 Å². The van der Waals surface area contributed by atoms with Gasteiger partial charge in [-0.05, 0) is 44.7 Å². The first-order valence-corrected chi connectivity index (χ1v) is 12.5. The molecule has 2 saturated carbocycles. The zero-order chi connectivity index (χ0) is 20.2. The van der Waals surface area contributed by atoms with Crippen LogP contribution in [0.1, 0.15) is 76.7 Å². The van der Waals surface area contributed by atoms with Crippen LogP contribution in [0.3, 0.4) is 0 Å². The van der Waals surface area contributed by atoms with Gasteiger partial charge in [0.15, 0.2) is 5.17 Å². The van der Waals surface area contributed by atoms with E-state index < -0.39 is 0 Å². The molecule has 0 radical (unpaired) electrons. The molecule has 0 N–H and O–H groups in total. The number of thioether (sulfide) groups is 1. The van der Waals surface area contributed by atoms with Crippen LogP contribution >= 0.6 is 11.8 Å². The van der Waals surface area contributed by atoms with Crippen LogP contribution in [-0.4, -0.2) is 40.0 Å². The average molecular weight is 414 g/mol. The number of anilines is 1. The highest BCUT2D eigenvalue weighted by atomic mass is 32.2. The van der Waals surface area contributed by atoms with Crippen LogP contribution in [0.5, 0.6) is 0 Å². The molecule has 3 aliphatic rings. The van der Waals surface area contributed by atoms with Crippen molar-refractivity contribution < 1.29 is 4.79 Å². The standard InChI is InChI=1S/C24H35N3OS/c1-18-13-15-22(16-14-18)26(19(2)28)23-17-29-24(25-20-9-5-3-6-10-20)27(23)21-11-7-4-8-12-21/h13-16,20-21,23H,3-12,17H2,1-2H3. The number of nitrogens with zero attached hydrogens (tertiary/aromatic N) is 3. The van der Waals surface area contributed by atoms with Crippen LogP contribution in [0.15, 0.2) is 29.3 Å². The van der Waals surface area contributed by atoms with Gasteiger partial charge in [0.2, 0.25) is 5.91 Å². The number of amidine groups is 1. The maximum Gasteiger partial charge on any atom is 0.225 e. The molecule has 4 rings (SSSR count). The van der Waals surface area contributed by atoms with Crippen molar-refractivity contribution in [1.82, 2.24) is 4.90 Å². The summed E-state index contributed by atoms with van der Waals surface area (Å²) in [6.07, 6.45) is 12.9. The molecule has 1 unspecified atom stereocenters. The van der Waals surface area contributed by atoms with E-state index in [2.05, 4.69) is 36.1 Å². The average Bonchev–Trinajstić information content (AvgIpc) is 3.13. The van der Waals surface area contributed by atoms with E-state index in [1.165, 1.54) is 74.9 Å². The van der Waals surface area contributed by atoms with Gasteiger partial charge in [-0.2, -0.15) is 0 Å². The van der Waals surface area contributed by atoms with Gasteiger partial charge in [0.05, 0.1) is 6.04 Å². The molecule has 29 heavy (non-hydrogen) atoms. The van der Waals surface area contributed by atoms with Crippen molar-refractivity contribution in [3.05, 3.63) is 29.8 Å². The predicted molar refractivity (Wildman–Crippen MR) is 124 cm³/mol. The summed E-state index contributed by atoms with van der Waals surface area (Å²) in [5, 5.41) is 1.20. The molecule has 1 atom stereocenters. The van der Waals surface area contributed by atoms with Crippen LogP contribution < -0.4 is 4.90 Å². The summed E-state index contributed by atoms with van der Waals surface area (Å²) in [5.41, 5.74) is 2.23. The van der Waals surface area contributed by atoms with Crippen molar-refractivity contribution in [3.8, 4) is 0 Å². The molecule has 1 saturated heterocycles. The summed E-state index contributed by atoms with van der Waals surface area (Å²) in [6, 6.07) is 9.39. The highest BCUT2D eigenvalue weighted by molar-refractivity contribution is 8.14. The third-order valence-corrected chi connectivity index (χ3v) is 7.73. The number of hydrogen-bond acceptors (Lipinski definition) is 3. The molecule has 0 aromatic heterocycles. The van der Waals surface area contributed by atoms with Gasteiger partial charge in [-0.15, -0.1) is 0 Å². The number of aliphatic imine (C=N–C) groups is 1. The highest BCUT2D eigenvalue weighted by Crippen LogP contribution is 2.37. The molecule has 2 aliphatic carbocycles. The lowest BCUT2D eigenvalue weighted by atomic mass is 9.94. The Hall–Kier alpha value is -1.49. The van der Waals surface area contributed by atoms with Crippen LogP contribution in [0.25, 0.3) is 0 Å². The topological polar surface area (TPSA) is 35.9 Å². The van der Waals surface area contributed by atoms with Crippen molar-refractivity contribution >= 4 is 28.5 Å². The van der Waals surface area contributed by atoms with Gasteiger partial charge in [0, 0.05) is 24.4 Å². The Balaban J connectivity index is 1.65. The van der Waals surface area contributed by atoms with E-state index in [-0.39, 0.29) is 12.1 Å². The van der Waals surface area contributed by atoms with Crippen molar-refractivity contribution in [3.63, 3.8) is 0 Å². The third-order valence-electron chi connectivity index (χ3n) is 6.69. The van der Waals surface area contributed by atoms with Crippen molar-refractivity contribution in [2.24, 2.45) is 4.99 Å². The van der Waals surface area contributed by atoms with Gasteiger partial charge >= 0.3 is 0 Å². The SMILES string of the molecule is CC(=O)N(c1ccc(C)cc1)C1CSC(=NC2CCCCC2)N1C1CCCCC1. The molecule has 5 heteroatoms. The summed E-state index contributed by atoms with van der Waals surface area (Å²) in [4.78, 5) is 22.6. The molecular formula is C24H35N3OS. The van der Waals surface area contributed by atoms with Crippen LogP contribution in [0, 0.1) is 6.92 Å². The molecule has 3 fully saturated rings. The minimum absolute atomic E-state index is 0.0747. The number of rotatable bonds is 4. The Morgan fingerprint density at radius 1 is 1.00 bits per heavy atom. The number of carbonyl (C=O) groups is 1. The highest BCUT2D eigenvalue weighted by Gasteiger charge is 2.41. The minimum Gasteiger partial charge on any atom is -0.327 e. The van der Waals surface area contributed by atoms with Crippen molar-refractivity contribution in [2.45, 2.75) is 96.3 Å². The Morgan fingerprint density at radius 2 is 1.62 bits per heavy atom. The van der Waals surface area contributed by atoms with Gasteiger partial charge in [-0.1, -0.05) is 68.0 Å². The zero-order valence-electron chi connectivity index (χ0n) is 18.0. The monoisotopic (exact) mass is 413 g/mol. The lowest BCUT2D eigenvalue weighted by Crippen LogP contribution is -2.54. The number of amides is 1. The first-order chi connectivity index (χ1) is 14.1. The van der Waals surface area contributed by atoms with Gasteiger partial charge in [0.25, 0.3) is 0 Å². The largest absolute Gasteiger partial charge is 0.327 e. The first kappa shape index (κ1) is 20.8. The molecule has 158 valence electrons. The maximum atomic E-state index is 12.8. The molecule has 1 heterocycles. The smallest absolute Gasteiger partial charge is 0.225 e. The fraction of sp³-hybridized carbons (Fsp3) is 0.667. The Labute approximate surface area is 180 Å². The Kier molecular flexibility index (Phi) is 6.84. The van der Waals surface area contributed by atoms with E-state index in [0.29, 0.717) is 12.1 Å². The van der Waals surface area contributed by atoms with E-state index in [1.54, 1.807) is 6.92 Å². The van der Waals surface area contributed by atoms with Gasteiger partial charge < -0.3 is 4.90 Å². The van der Waals surface area contributed by atoms with E-state index in [9.17, 15) is 4.79 Å². The van der Waals surface area contributed by atoms with Gasteiger partial charge in [0.1, 0.15) is 6.17 Å². The second-order valence-electron chi connectivity index (χ2n) is 8.92. The molecular weight excluding hydrogens is 378 g/mol. The number of carbonyl (C=O) groups excluding carboxylic acids is 1. The lowest BCUT2D eigenvalue weighted by Gasteiger charge is -2.41. The molecule has 1 aliphatic heterocycles. The molecule has 4 nitrogen and oxygen atoms in total. The lowest BCUT2D eigenvalue weighted by molar-refractivity contribution is -0.117. The predicted octanol–water partition coefficient (Wildman–Crippen LogP) is 5.74. The van der Waals surface area contributed by atoms with Crippen LogP contribution in [0.4, 0.5) is 5.69 Å². The quantitative estimate of drug-likeness (QED) is 0.631. The number of hydrogen-bond donors (Lipinski definition) is 0. The molecule has 0 bridgehead atoms. The second kappa shape index (κ2) is 9.55. The normalized spacial score (nSPS) is 25.5. The summed E-state index contributed by atoms with van der Waals surface area (Å²) in [7, 11) is 0. The third kappa shape index (κ3) is 4.82. The summed E-state index contributed by atoms with van der Waals surface area (Å²) >= 11 is 1.87.